The fourth-order valence-electron chi connectivity index (χ4n) is 1.67. The molecular weight excluding hydrogens is 306 g/mol. The molecule has 0 aliphatic carbocycles. The van der Waals surface area contributed by atoms with Crippen LogP contribution in [-0.4, -0.2) is 4.92 Å². The summed E-state index contributed by atoms with van der Waals surface area (Å²) in [5.41, 5.74) is -0.803. The first-order valence-corrected chi connectivity index (χ1v) is 6.00. The monoisotopic (exact) mass is 315 g/mol. The largest absolute Gasteiger partial charge is 0.486 e. The Morgan fingerprint density at radius 2 is 1.73 bits per heavy atom. The minimum absolute atomic E-state index is 0.160. The van der Waals surface area contributed by atoms with Crippen LogP contribution in [0.3, 0.4) is 0 Å². The van der Waals surface area contributed by atoms with E-state index in [-0.39, 0.29) is 12.4 Å². The van der Waals surface area contributed by atoms with E-state index in [2.05, 4.69) is 0 Å². The van der Waals surface area contributed by atoms with Crippen LogP contribution in [0.4, 0.5) is 23.2 Å². The summed E-state index contributed by atoms with van der Waals surface area (Å²) in [6, 6.07) is 7.10. The number of alkyl halides is 3. The molecule has 2 rings (SSSR count). The SMILES string of the molecule is O=[N+]([O-])c1ccc(OCc2ccc(C(F)(F)F)cc2)c(F)c1. The van der Waals surface area contributed by atoms with Crippen molar-refractivity contribution in [1.29, 1.82) is 0 Å². The van der Waals surface area contributed by atoms with Crippen LogP contribution in [-0.2, 0) is 12.8 Å². The number of hydrogen-bond acceptors (Lipinski definition) is 3. The van der Waals surface area contributed by atoms with E-state index >= 15 is 0 Å². The van der Waals surface area contributed by atoms with Crippen molar-refractivity contribution in [3.05, 3.63) is 69.5 Å². The first-order valence-electron chi connectivity index (χ1n) is 6.00. The zero-order chi connectivity index (χ0) is 16.3. The highest BCUT2D eigenvalue weighted by atomic mass is 19.4. The second-order valence-corrected chi connectivity index (χ2v) is 4.36. The fraction of sp³-hybridized carbons (Fsp3) is 0.143. The number of non-ortho nitro benzene ring substituents is 1. The Bertz CT molecular complexity index is 683. The van der Waals surface area contributed by atoms with Crippen molar-refractivity contribution in [2.45, 2.75) is 12.8 Å². The van der Waals surface area contributed by atoms with Gasteiger partial charge in [-0.1, -0.05) is 12.1 Å². The van der Waals surface area contributed by atoms with Crippen LogP contribution < -0.4 is 4.74 Å². The third-order valence-electron chi connectivity index (χ3n) is 2.80. The smallest absolute Gasteiger partial charge is 0.416 e. The van der Waals surface area contributed by atoms with E-state index in [1.807, 2.05) is 0 Å². The molecule has 0 aliphatic rings. The van der Waals surface area contributed by atoms with Crippen LogP contribution in [0, 0.1) is 15.9 Å². The predicted molar refractivity (Wildman–Crippen MR) is 68.8 cm³/mol. The lowest BCUT2D eigenvalue weighted by Crippen LogP contribution is -2.05. The quantitative estimate of drug-likeness (QED) is 0.479. The fourth-order valence-corrected chi connectivity index (χ4v) is 1.67. The number of nitro benzene ring substituents is 1. The van der Waals surface area contributed by atoms with Gasteiger partial charge in [-0.2, -0.15) is 13.2 Å². The highest BCUT2D eigenvalue weighted by Gasteiger charge is 2.29. The minimum atomic E-state index is -4.43. The molecule has 116 valence electrons. The lowest BCUT2D eigenvalue weighted by molar-refractivity contribution is -0.385. The maximum atomic E-state index is 13.6. The Hall–Kier alpha value is -2.64. The maximum Gasteiger partial charge on any atom is 0.416 e. The van der Waals surface area contributed by atoms with Gasteiger partial charge in [0.15, 0.2) is 11.6 Å². The standard InChI is InChI=1S/C14H9F4NO3/c15-12-7-11(19(20)21)5-6-13(12)22-8-9-1-3-10(4-2-9)14(16,17)18/h1-7H,8H2. The lowest BCUT2D eigenvalue weighted by Gasteiger charge is -2.09. The molecule has 0 atom stereocenters. The van der Waals surface area contributed by atoms with Crippen molar-refractivity contribution in [1.82, 2.24) is 0 Å². The van der Waals surface area contributed by atoms with Gasteiger partial charge >= 0.3 is 6.18 Å². The van der Waals surface area contributed by atoms with Crippen molar-refractivity contribution >= 4 is 5.69 Å². The van der Waals surface area contributed by atoms with Crippen molar-refractivity contribution < 1.29 is 27.2 Å². The number of ether oxygens (including phenoxy) is 1. The van der Waals surface area contributed by atoms with Crippen LogP contribution >= 0.6 is 0 Å². The van der Waals surface area contributed by atoms with E-state index in [1.165, 1.54) is 12.1 Å². The van der Waals surface area contributed by atoms with E-state index in [0.29, 0.717) is 11.6 Å². The summed E-state index contributed by atoms with van der Waals surface area (Å²) < 4.78 is 55.8. The summed E-state index contributed by atoms with van der Waals surface area (Å²) in [6.45, 7) is -0.160. The maximum absolute atomic E-state index is 13.6. The molecule has 0 saturated carbocycles. The highest BCUT2D eigenvalue weighted by molar-refractivity contribution is 5.37. The molecular formula is C14H9F4NO3. The van der Waals surface area contributed by atoms with Crippen LogP contribution in [0.2, 0.25) is 0 Å². The summed E-state index contributed by atoms with van der Waals surface area (Å²) >= 11 is 0. The summed E-state index contributed by atoms with van der Waals surface area (Å²) in [7, 11) is 0. The third kappa shape index (κ3) is 3.72. The van der Waals surface area contributed by atoms with Crippen LogP contribution in [0.1, 0.15) is 11.1 Å². The van der Waals surface area contributed by atoms with Gasteiger partial charge in [0, 0.05) is 6.07 Å². The van der Waals surface area contributed by atoms with E-state index in [9.17, 15) is 27.7 Å². The summed E-state index contributed by atoms with van der Waals surface area (Å²) in [4.78, 5) is 9.72. The molecule has 0 bridgehead atoms. The zero-order valence-corrected chi connectivity index (χ0v) is 10.9. The predicted octanol–water partition coefficient (Wildman–Crippen LogP) is 4.33. The van der Waals surface area contributed by atoms with Gasteiger partial charge in [0.05, 0.1) is 16.6 Å². The van der Waals surface area contributed by atoms with Crippen LogP contribution in [0.25, 0.3) is 0 Å². The van der Waals surface area contributed by atoms with E-state index < -0.39 is 28.2 Å². The summed E-state index contributed by atoms with van der Waals surface area (Å²) in [5.74, 6) is -1.13. The van der Waals surface area contributed by atoms with Crippen molar-refractivity contribution in [3.8, 4) is 5.75 Å². The molecule has 0 aliphatic heterocycles. The first kappa shape index (κ1) is 15.7. The molecule has 0 saturated heterocycles. The minimum Gasteiger partial charge on any atom is -0.486 e. The van der Waals surface area contributed by atoms with Crippen LogP contribution in [0.15, 0.2) is 42.5 Å². The normalized spacial score (nSPS) is 11.3. The molecule has 0 N–H and O–H groups in total. The Kier molecular flexibility index (Phi) is 4.30. The van der Waals surface area contributed by atoms with E-state index in [4.69, 9.17) is 4.74 Å². The summed E-state index contributed by atoms with van der Waals surface area (Å²) in [5, 5.41) is 10.5. The molecule has 2 aromatic carbocycles. The molecule has 22 heavy (non-hydrogen) atoms. The molecule has 0 fully saturated rings. The third-order valence-corrected chi connectivity index (χ3v) is 2.80. The van der Waals surface area contributed by atoms with Gasteiger partial charge in [0.2, 0.25) is 0 Å². The van der Waals surface area contributed by atoms with Gasteiger partial charge in [-0.25, -0.2) is 4.39 Å². The van der Waals surface area contributed by atoms with Gasteiger partial charge in [-0.3, -0.25) is 10.1 Å². The molecule has 0 heterocycles. The van der Waals surface area contributed by atoms with Gasteiger partial charge in [-0.05, 0) is 23.8 Å². The number of nitrogens with zero attached hydrogens (tertiary/aromatic N) is 1. The topological polar surface area (TPSA) is 52.4 Å². The number of rotatable bonds is 4. The van der Waals surface area contributed by atoms with Gasteiger partial charge in [0.1, 0.15) is 6.61 Å². The number of benzene rings is 2. The molecule has 0 unspecified atom stereocenters. The van der Waals surface area contributed by atoms with E-state index in [0.717, 1.165) is 24.3 Å². The molecule has 8 heteroatoms. The van der Waals surface area contributed by atoms with Crippen molar-refractivity contribution in [2.24, 2.45) is 0 Å². The zero-order valence-electron chi connectivity index (χ0n) is 10.9. The average Bonchev–Trinajstić information content (AvgIpc) is 2.45. The Labute approximate surface area is 122 Å². The number of hydrogen-bond donors (Lipinski definition) is 0. The Morgan fingerprint density at radius 3 is 2.23 bits per heavy atom. The second-order valence-electron chi connectivity index (χ2n) is 4.36. The van der Waals surface area contributed by atoms with Gasteiger partial charge < -0.3 is 4.74 Å². The van der Waals surface area contributed by atoms with Crippen molar-refractivity contribution in [2.75, 3.05) is 0 Å². The molecule has 0 spiro atoms. The summed E-state index contributed by atoms with van der Waals surface area (Å²) in [6.07, 6.45) is -4.43. The van der Waals surface area contributed by atoms with Gasteiger partial charge in [0.25, 0.3) is 5.69 Å². The van der Waals surface area contributed by atoms with Crippen molar-refractivity contribution in [3.63, 3.8) is 0 Å². The first-order chi connectivity index (χ1) is 10.3. The van der Waals surface area contributed by atoms with E-state index in [1.54, 1.807) is 0 Å². The molecule has 2 aromatic rings. The number of nitro groups is 1. The second kappa shape index (κ2) is 6.00. The Balaban J connectivity index is 2.05. The van der Waals surface area contributed by atoms with Crippen LogP contribution in [0.5, 0.6) is 5.75 Å². The average molecular weight is 315 g/mol. The molecule has 0 amide bonds. The molecule has 4 nitrogen and oxygen atoms in total. The van der Waals surface area contributed by atoms with Gasteiger partial charge in [-0.15, -0.1) is 0 Å². The highest BCUT2D eigenvalue weighted by Crippen LogP contribution is 2.29. The lowest BCUT2D eigenvalue weighted by atomic mass is 10.1. The number of halogens is 4. The Morgan fingerprint density at radius 1 is 1.09 bits per heavy atom. The molecule has 0 aromatic heterocycles. The molecule has 0 radical (unpaired) electrons.